The number of aromatic carboxylic acids is 1. The van der Waals surface area contributed by atoms with E-state index in [4.69, 9.17) is 11.6 Å². The number of carboxylic acid groups (broad SMARTS) is 1. The van der Waals surface area contributed by atoms with Gasteiger partial charge in [0.1, 0.15) is 4.88 Å². The maximum absolute atomic E-state index is 11.7. The van der Waals surface area contributed by atoms with E-state index < -0.39 is 5.97 Å². The molecule has 0 amide bonds. The minimum atomic E-state index is -0.819. The van der Waals surface area contributed by atoms with Crippen LogP contribution in [0.4, 0.5) is 5.69 Å². The van der Waals surface area contributed by atoms with Crippen molar-refractivity contribution in [2.75, 3.05) is 37.6 Å². The average Bonchev–Trinajstić information content (AvgIpc) is 3.13. The molecule has 7 heteroatoms. The van der Waals surface area contributed by atoms with Gasteiger partial charge >= 0.3 is 5.97 Å². The van der Waals surface area contributed by atoms with E-state index >= 15 is 0 Å². The molecule has 0 radical (unpaired) electrons. The van der Waals surface area contributed by atoms with Crippen molar-refractivity contribution in [1.29, 1.82) is 0 Å². The number of anilines is 1. The van der Waals surface area contributed by atoms with Crippen molar-refractivity contribution >= 4 is 57.1 Å². The summed E-state index contributed by atoms with van der Waals surface area (Å²) in [5, 5.41) is 11.5. The smallest absolute Gasteiger partial charge is 0.346 e. The summed E-state index contributed by atoms with van der Waals surface area (Å²) in [7, 11) is 0. The zero-order valence-corrected chi connectivity index (χ0v) is 19.3. The first-order valence-electron chi connectivity index (χ1n) is 10.1. The Morgan fingerprint density at radius 3 is 2.43 bits per heavy atom. The zero-order chi connectivity index (χ0) is 20.4. The molecule has 4 nitrogen and oxygen atoms in total. The monoisotopic (exact) mass is 464 g/mol. The number of piperazine rings is 1. The summed E-state index contributed by atoms with van der Waals surface area (Å²) in [6.45, 7) is 7.03. The quantitative estimate of drug-likeness (QED) is 0.515. The number of hydrogen-bond acceptors (Lipinski definition) is 4. The first kappa shape index (κ1) is 22.9. The number of rotatable bonds is 6. The molecule has 2 aromatic carbocycles. The van der Waals surface area contributed by atoms with Crippen LogP contribution in [-0.4, -0.2) is 48.7 Å². The second kappa shape index (κ2) is 10.0. The highest BCUT2D eigenvalue weighted by molar-refractivity contribution is 7.21. The molecule has 4 rings (SSSR count). The summed E-state index contributed by atoms with van der Waals surface area (Å²) < 4.78 is 1.07. The van der Waals surface area contributed by atoms with Gasteiger partial charge in [0, 0.05) is 53.5 Å². The molecule has 3 aromatic rings. The third kappa shape index (κ3) is 4.75. The number of fused-ring (bicyclic) bond motifs is 1. The van der Waals surface area contributed by atoms with Gasteiger partial charge in [0.05, 0.1) is 0 Å². The molecule has 0 atom stereocenters. The molecule has 0 saturated carbocycles. The number of nitrogens with zero attached hydrogens (tertiary/aromatic N) is 2. The van der Waals surface area contributed by atoms with Crippen LogP contribution in [0.15, 0.2) is 42.5 Å². The van der Waals surface area contributed by atoms with Gasteiger partial charge in [0.2, 0.25) is 0 Å². The minimum Gasteiger partial charge on any atom is -0.477 e. The van der Waals surface area contributed by atoms with Gasteiger partial charge in [-0.25, -0.2) is 4.79 Å². The Hall–Kier alpha value is -1.79. The first-order chi connectivity index (χ1) is 14.1. The third-order valence-corrected chi connectivity index (χ3v) is 7.12. The second-order valence-corrected chi connectivity index (χ2v) is 8.91. The molecule has 160 valence electrons. The molecule has 2 heterocycles. The van der Waals surface area contributed by atoms with Crippen molar-refractivity contribution in [3.8, 4) is 0 Å². The third-order valence-electron chi connectivity index (χ3n) is 5.68. The largest absolute Gasteiger partial charge is 0.477 e. The number of carbonyl (C=O) groups is 1. The number of carboxylic acids is 1. The molecular weight excluding hydrogens is 439 g/mol. The highest BCUT2D eigenvalue weighted by atomic mass is 35.5. The van der Waals surface area contributed by atoms with Gasteiger partial charge in [-0.2, -0.15) is 0 Å². The fourth-order valence-electron chi connectivity index (χ4n) is 4.12. The Morgan fingerprint density at radius 2 is 1.80 bits per heavy atom. The van der Waals surface area contributed by atoms with Crippen molar-refractivity contribution in [3.05, 3.63) is 63.5 Å². The fraction of sp³-hybridized carbons (Fsp3) is 0.348. The standard InChI is InChI=1S/C23H25ClN2O2S.ClH/c1-2-18-21-19(4-3-5-20(21)29-22(18)23(27)28)26-14-12-25(13-15-26)11-10-16-6-8-17(24)9-7-16;/h3-9H,2,10-15H2,1H3,(H,27,28);1H. The van der Waals surface area contributed by atoms with Crippen molar-refractivity contribution in [2.45, 2.75) is 19.8 Å². The molecule has 0 unspecified atom stereocenters. The lowest BCUT2D eigenvalue weighted by atomic mass is 10.0. The van der Waals surface area contributed by atoms with E-state index in [9.17, 15) is 9.90 Å². The summed E-state index contributed by atoms with van der Waals surface area (Å²) in [6, 6.07) is 14.3. The molecule has 1 fully saturated rings. The molecule has 0 aliphatic carbocycles. The van der Waals surface area contributed by atoms with Gasteiger partial charge in [-0.15, -0.1) is 23.7 Å². The van der Waals surface area contributed by atoms with Crippen molar-refractivity contribution < 1.29 is 9.90 Å². The Labute approximate surface area is 192 Å². The number of hydrogen-bond donors (Lipinski definition) is 1. The van der Waals surface area contributed by atoms with Gasteiger partial charge < -0.3 is 10.0 Å². The first-order valence-corrected chi connectivity index (χ1v) is 11.3. The number of halogens is 2. The summed E-state index contributed by atoms with van der Waals surface area (Å²) in [5.74, 6) is -0.819. The van der Waals surface area contributed by atoms with Crippen LogP contribution >= 0.6 is 35.3 Å². The molecule has 1 saturated heterocycles. The topological polar surface area (TPSA) is 43.8 Å². The SMILES string of the molecule is CCc1c(C(=O)O)sc2cccc(N3CCN(CCc4ccc(Cl)cc4)CC3)c12.Cl. The van der Waals surface area contributed by atoms with E-state index in [2.05, 4.69) is 28.0 Å². The molecule has 1 N–H and O–H groups in total. The molecule has 0 bridgehead atoms. The Morgan fingerprint density at radius 1 is 1.10 bits per heavy atom. The Kier molecular flexibility index (Phi) is 7.64. The summed E-state index contributed by atoms with van der Waals surface area (Å²) in [4.78, 5) is 17.1. The van der Waals surface area contributed by atoms with Gasteiger partial charge in [-0.05, 0) is 48.2 Å². The molecule has 30 heavy (non-hydrogen) atoms. The maximum atomic E-state index is 11.7. The summed E-state index contributed by atoms with van der Waals surface area (Å²) >= 11 is 7.36. The lowest BCUT2D eigenvalue weighted by Gasteiger charge is -2.36. The molecule has 1 aromatic heterocycles. The highest BCUT2D eigenvalue weighted by Crippen LogP contribution is 2.38. The van der Waals surface area contributed by atoms with E-state index in [0.29, 0.717) is 4.88 Å². The van der Waals surface area contributed by atoms with Gasteiger partial charge in [-0.3, -0.25) is 4.90 Å². The van der Waals surface area contributed by atoms with Crippen LogP contribution in [0, 0.1) is 0 Å². The molecular formula is C23H26Cl2N2O2S. The zero-order valence-electron chi connectivity index (χ0n) is 16.9. The fourth-order valence-corrected chi connectivity index (χ4v) is 5.40. The second-order valence-electron chi connectivity index (χ2n) is 7.42. The van der Waals surface area contributed by atoms with Gasteiger partial charge in [-0.1, -0.05) is 36.7 Å². The van der Waals surface area contributed by atoms with Crippen molar-refractivity contribution in [3.63, 3.8) is 0 Å². The van der Waals surface area contributed by atoms with Gasteiger partial charge in [0.15, 0.2) is 0 Å². The van der Waals surface area contributed by atoms with Crippen LogP contribution in [0.25, 0.3) is 10.1 Å². The Balaban J connectivity index is 0.00000256. The molecule has 1 aliphatic heterocycles. The van der Waals surface area contributed by atoms with E-state index in [1.165, 1.54) is 22.6 Å². The normalized spacial score (nSPS) is 14.7. The molecule has 1 aliphatic rings. The van der Waals surface area contributed by atoms with Crippen LogP contribution in [0.1, 0.15) is 27.7 Å². The van der Waals surface area contributed by atoms with E-state index in [-0.39, 0.29) is 12.4 Å². The predicted molar refractivity (Wildman–Crippen MR) is 129 cm³/mol. The molecule has 0 spiro atoms. The van der Waals surface area contributed by atoms with Crippen LogP contribution in [0.2, 0.25) is 5.02 Å². The van der Waals surface area contributed by atoms with Crippen LogP contribution in [0.5, 0.6) is 0 Å². The van der Waals surface area contributed by atoms with Crippen LogP contribution in [0.3, 0.4) is 0 Å². The van der Waals surface area contributed by atoms with Crippen molar-refractivity contribution in [1.82, 2.24) is 4.90 Å². The van der Waals surface area contributed by atoms with Crippen molar-refractivity contribution in [2.24, 2.45) is 0 Å². The summed E-state index contributed by atoms with van der Waals surface area (Å²) in [6.07, 6.45) is 1.76. The van der Waals surface area contributed by atoms with E-state index in [1.807, 2.05) is 31.2 Å². The number of benzene rings is 2. The lowest BCUT2D eigenvalue weighted by Crippen LogP contribution is -2.47. The lowest BCUT2D eigenvalue weighted by molar-refractivity contribution is 0.0701. The predicted octanol–water partition coefficient (Wildman–Crippen LogP) is 5.60. The summed E-state index contributed by atoms with van der Waals surface area (Å²) in [5.41, 5.74) is 3.47. The number of thiophene rings is 1. The number of aryl methyl sites for hydroxylation is 1. The van der Waals surface area contributed by atoms with Crippen LogP contribution in [-0.2, 0) is 12.8 Å². The Bertz CT molecular complexity index is 1010. The van der Waals surface area contributed by atoms with E-state index in [1.54, 1.807) is 0 Å². The van der Waals surface area contributed by atoms with Gasteiger partial charge in [0.25, 0.3) is 0 Å². The van der Waals surface area contributed by atoms with E-state index in [0.717, 1.165) is 66.2 Å². The maximum Gasteiger partial charge on any atom is 0.346 e. The average molecular weight is 465 g/mol. The highest BCUT2D eigenvalue weighted by Gasteiger charge is 2.23. The van der Waals surface area contributed by atoms with Crippen LogP contribution < -0.4 is 4.90 Å². The minimum absolute atomic E-state index is 0.